The topological polar surface area (TPSA) is 84.9 Å². The summed E-state index contributed by atoms with van der Waals surface area (Å²) in [4.78, 5) is 0. The molecule has 2 fully saturated rings. The highest BCUT2D eigenvalue weighted by molar-refractivity contribution is 7.80. The van der Waals surface area contributed by atoms with Crippen molar-refractivity contribution in [2.45, 2.75) is 49.3 Å². The van der Waals surface area contributed by atoms with E-state index in [0.717, 1.165) is 36.0 Å². The molecular weight excluding hydrogens is 370 g/mol. The van der Waals surface area contributed by atoms with Gasteiger partial charge in [0.25, 0.3) is 0 Å². The van der Waals surface area contributed by atoms with Gasteiger partial charge in [-0.15, -0.1) is 0 Å². The van der Waals surface area contributed by atoms with Crippen LogP contribution < -0.4 is 9.47 Å². The molecule has 5 atom stereocenters. The predicted molar refractivity (Wildman–Crippen MR) is 95.5 cm³/mol. The molecule has 1 aromatic carbocycles. The Morgan fingerprint density at radius 1 is 1.30 bits per heavy atom. The molecule has 27 heavy (non-hydrogen) atoms. The lowest BCUT2D eigenvalue weighted by molar-refractivity contribution is -0.927. The van der Waals surface area contributed by atoms with Crippen LogP contribution in [0.1, 0.15) is 30.4 Å². The fraction of sp³-hybridized carbons (Fsp3) is 0.684. The predicted octanol–water partition coefficient (Wildman–Crippen LogP) is 1.35. The maximum absolute atomic E-state index is 11.4. The Morgan fingerprint density at radius 3 is 2.78 bits per heavy atom. The minimum atomic E-state index is -4.79. The number of benzene rings is 1. The second kappa shape index (κ2) is 5.37. The number of piperidine rings is 1. The first-order valence-electron chi connectivity index (χ1n) is 9.51. The fourth-order valence-electron chi connectivity index (χ4n) is 6.47. The van der Waals surface area contributed by atoms with Crippen molar-refractivity contribution in [1.82, 2.24) is 0 Å². The SMILES string of the molecule is COc1ccc2c3c1O[C@H]1[C@@H](OS(=O)(=O)[O-])CC[C@H]4[C@@H](C2)[N+](C)(C)CC[C@@]341. The summed E-state index contributed by atoms with van der Waals surface area (Å²) in [6, 6.07) is 4.49. The van der Waals surface area contributed by atoms with Gasteiger partial charge >= 0.3 is 0 Å². The Kier molecular flexibility index (Phi) is 3.53. The number of hydrogen-bond acceptors (Lipinski definition) is 6. The van der Waals surface area contributed by atoms with E-state index < -0.39 is 22.6 Å². The van der Waals surface area contributed by atoms with Gasteiger partial charge < -0.3 is 18.5 Å². The Bertz CT molecular complexity index is 913. The van der Waals surface area contributed by atoms with Crippen molar-refractivity contribution in [3.8, 4) is 11.5 Å². The highest BCUT2D eigenvalue weighted by Gasteiger charge is 2.69. The number of likely N-dealkylation sites (tertiary alicyclic amines) is 1. The summed E-state index contributed by atoms with van der Waals surface area (Å²) in [7, 11) is 1.38. The first-order chi connectivity index (χ1) is 12.7. The highest BCUT2D eigenvalue weighted by Crippen LogP contribution is 2.64. The van der Waals surface area contributed by atoms with Gasteiger partial charge in [-0.1, -0.05) is 6.07 Å². The molecule has 0 amide bonds. The largest absolute Gasteiger partial charge is 0.726 e. The number of ether oxygens (including phenoxy) is 2. The zero-order chi connectivity index (χ0) is 19.2. The van der Waals surface area contributed by atoms with Crippen LogP contribution >= 0.6 is 0 Å². The van der Waals surface area contributed by atoms with Gasteiger partial charge in [0.05, 0.1) is 39.2 Å². The van der Waals surface area contributed by atoms with E-state index in [1.165, 1.54) is 11.1 Å². The molecule has 0 unspecified atom stereocenters. The molecular formula is C19H25NO6S. The first kappa shape index (κ1) is 17.7. The van der Waals surface area contributed by atoms with E-state index in [1.807, 2.05) is 6.07 Å². The van der Waals surface area contributed by atoms with Crippen molar-refractivity contribution in [3.05, 3.63) is 23.3 Å². The number of rotatable bonds is 3. The molecule has 4 aliphatic rings. The number of methoxy groups -OCH3 is 1. The van der Waals surface area contributed by atoms with E-state index in [1.54, 1.807) is 7.11 Å². The maximum Gasteiger partial charge on any atom is 0.218 e. The quantitative estimate of drug-likeness (QED) is 0.436. The maximum atomic E-state index is 11.4. The van der Waals surface area contributed by atoms with Crippen molar-refractivity contribution in [3.63, 3.8) is 0 Å². The van der Waals surface area contributed by atoms with Crippen LogP contribution in [0.5, 0.6) is 11.5 Å². The average molecular weight is 395 g/mol. The summed E-state index contributed by atoms with van der Waals surface area (Å²) >= 11 is 0. The molecule has 8 heteroatoms. The minimum absolute atomic E-state index is 0.302. The molecule has 2 aliphatic heterocycles. The Morgan fingerprint density at radius 2 is 2.07 bits per heavy atom. The van der Waals surface area contributed by atoms with Gasteiger partial charge in [0.1, 0.15) is 12.2 Å². The second-order valence-electron chi connectivity index (χ2n) is 8.96. The van der Waals surface area contributed by atoms with E-state index in [-0.39, 0.29) is 5.41 Å². The molecule has 0 aromatic heterocycles. The normalized spacial score (nSPS) is 38.1. The third kappa shape index (κ3) is 2.27. The summed E-state index contributed by atoms with van der Waals surface area (Å²) in [5, 5.41) is 0. The molecule has 1 saturated heterocycles. The van der Waals surface area contributed by atoms with E-state index in [4.69, 9.17) is 13.7 Å². The second-order valence-corrected chi connectivity index (χ2v) is 9.97. The van der Waals surface area contributed by atoms with Crippen LogP contribution in [-0.2, 0) is 26.4 Å². The molecule has 1 saturated carbocycles. The summed E-state index contributed by atoms with van der Waals surface area (Å²) in [6.07, 6.45) is 2.00. The third-order valence-electron chi connectivity index (χ3n) is 7.54. The monoisotopic (exact) mass is 395 g/mol. The van der Waals surface area contributed by atoms with Gasteiger partial charge in [0.2, 0.25) is 10.4 Å². The van der Waals surface area contributed by atoms with Gasteiger partial charge in [-0.05, 0) is 24.5 Å². The summed E-state index contributed by atoms with van der Waals surface area (Å²) in [5.74, 6) is 1.76. The van der Waals surface area contributed by atoms with Crippen LogP contribution in [0.3, 0.4) is 0 Å². The molecule has 7 nitrogen and oxygen atoms in total. The summed E-state index contributed by atoms with van der Waals surface area (Å²) in [6.45, 7) is 0.980. The molecule has 0 radical (unpaired) electrons. The number of hydrogen-bond donors (Lipinski definition) is 0. The van der Waals surface area contributed by atoms with Gasteiger partial charge in [-0.2, -0.15) is 0 Å². The summed E-state index contributed by atoms with van der Waals surface area (Å²) in [5.41, 5.74) is 2.12. The third-order valence-corrected chi connectivity index (χ3v) is 8.02. The zero-order valence-electron chi connectivity index (χ0n) is 15.8. The Balaban J connectivity index is 1.71. The van der Waals surface area contributed by atoms with Crippen molar-refractivity contribution in [1.29, 1.82) is 0 Å². The van der Waals surface area contributed by atoms with Gasteiger partial charge in [-0.25, -0.2) is 8.42 Å². The van der Waals surface area contributed by atoms with E-state index in [0.29, 0.717) is 24.1 Å². The van der Waals surface area contributed by atoms with E-state index >= 15 is 0 Å². The van der Waals surface area contributed by atoms with Gasteiger partial charge in [0.15, 0.2) is 11.5 Å². The van der Waals surface area contributed by atoms with Crippen molar-refractivity contribution < 1.29 is 31.1 Å². The molecule has 2 aliphatic carbocycles. The van der Waals surface area contributed by atoms with Gasteiger partial charge in [-0.3, -0.25) is 4.18 Å². The number of likely N-dealkylation sites (N-methyl/N-ethyl adjacent to an activating group) is 1. The fourth-order valence-corrected chi connectivity index (χ4v) is 6.97. The lowest BCUT2D eigenvalue weighted by Crippen LogP contribution is -2.71. The van der Waals surface area contributed by atoms with Crippen LogP contribution in [0.25, 0.3) is 0 Å². The molecule has 2 heterocycles. The zero-order valence-corrected chi connectivity index (χ0v) is 16.6. The molecule has 0 N–H and O–H groups in total. The molecule has 1 spiro atoms. The van der Waals surface area contributed by atoms with Crippen LogP contribution in [0, 0.1) is 5.92 Å². The van der Waals surface area contributed by atoms with Crippen LogP contribution in [0.2, 0.25) is 0 Å². The molecule has 148 valence electrons. The minimum Gasteiger partial charge on any atom is -0.726 e. The van der Waals surface area contributed by atoms with Crippen molar-refractivity contribution >= 4 is 10.4 Å². The average Bonchev–Trinajstić information content (AvgIpc) is 2.94. The van der Waals surface area contributed by atoms with Crippen LogP contribution in [-0.4, -0.2) is 63.5 Å². The number of nitrogens with zero attached hydrogens (tertiary/aromatic N) is 1. The lowest BCUT2D eigenvalue weighted by Gasteiger charge is -2.60. The highest BCUT2D eigenvalue weighted by atomic mass is 32.3. The first-order valence-corrected chi connectivity index (χ1v) is 10.8. The Labute approximate surface area is 159 Å². The lowest BCUT2D eigenvalue weighted by atomic mass is 9.51. The van der Waals surface area contributed by atoms with Crippen LogP contribution in [0.4, 0.5) is 0 Å². The molecule has 2 bridgehead atoms. The van der Waals surface area contributed by atoms with Crippen LogP contribution in [0.15, 0.2) is 12.1 Å². The molecule has 5 rings (SSSR count). The van der Waals surface area contributed by atoms with Gasteiger partial charge in [0, 0.05) is 24.3 Å². The Hall–Kier alpha value is -1.35. The van der Waals surface area contributed by atoms with E-state index in [9.17, 15) is 13.0 Å². The molecule has 1 aromatic rings. The van der Waals surface area contributed by atoms with E-state index in [2.05, 4.69) is 20.2 Å². The van der Waals surface area contributed by atoms with Crippen molar-refractivity contribution in [2.75, 3.05) is 27.7 Å². The standard InChI is InChI=1S/C19H25NO6S/c1-20(2)9-8-19-12-5-7-15(26-27(21,22)23)18(19)25-17-14(24-3)6-4-11(16(17)19)10-13(12)20/h4,6,12-13,15,18H,5,7-10H2,1-3H3/t12-,13+,15-,18-,19-/m0/s1. The number of quaternary nitrogens is 1. The summed E-state index contributed by atoms with van der Waals surface area (Å²) < 4.78 is 51.9. The van der Waals surface area contributed by atoms with Crippen molar-refractivity contribution in [2.24, 2.45) is 5.92 Å². The smallest absolute Gasteiger partial charge is 0.218 e.